The number of benzene rings is 1. The van der Waals surface area contributed by atoms with Crippen molar-refractivity contribution in [3.05, 3.63) is 33.8 Å². The molecular formula is C10H14Cl2IN3O. The van der Waals surface area contributed by atoms with Crippen molar-refractivity contribution in [3.63, 3.8) is 0 Å². The van der Waals surface area contributed by atoms with E-state index in [9.17, 15) is 0 Å². The molecule has 0 aliphatic heterocycles. The molecule has 96 valence electrons. The van der Waals surface area contributed by atoms with E-state index in [1.54, 1.807) is 12.1 Å². The first kappa shape index (κ1) is 16.8. The average Bonchev–Trinajstić information content (AvgIpc) is 2.20. The highest BCUT2D eigenvalue weighted by atomic mass is 127. The summed E-state index contributed by atoms with van der Waals surface area (Å²) in [5.41, 5.74) is 11.2. The Morgan fingerprint density at radius 2 is 2.00 bits per heavy atom. The standard InChI is InChI=1S/C10H13Cl2N3O.HI/c11-8-2-1-7(9(12)5-8)6-16-4-3-15-10(13)14;/h1-2,5H,3-4,6H2,(H4,13,14,15);1H. The summed E-state index contributed by atoms with van der Waals surface area (Å²) in [6.45, 7) is 1.29. The molecule has 0 heterocycles. The molecule has 1 aromatic carbocycles. The Morgan fingerprint density at radius 3 is 2.59 bits per heavy atom. The molecule has 17 heavy (non-hydrogen) atoms. The molecule has 0 saturated heterocycles. The summed E-state index contributed by atoms with van der Waals surface area (Å²) in [5, 5.41) is 1.20. The van der Waals surface area contributed by atoms with Crippen molar-refractivity contribution >= 4 is 53.1 Å². The van der Waals surface area contributed by atoms with Gasteiger partial charge >= 0.3 is 0 Å². The van der Waals surface area contributed by atoms with Crippen LogP contribution in [0.1, 0.15) is 5.56 Å². The molecule has 7 heteroatoms. The third-order valence-electron chi connectivity index (χ3n) is 1.80. The van der Waals surface area contributed by atoms with Crippen LogP contribution in [0, 0.1) is 0 Å². The zero-order chi connectivity index (χ0) is 12.0. The summed E-state index contributed by atoms with van der Waals surface area (Å²) < 4.78 is 5.35. The molecule has 0 aliphatic carbocycles. The third kappa shape index (κ3) is 6.92. The number of halogens is 3. The lowest BCUT2D eigenvalue weighted by atomic mass is 10.2. The number of rotatable bonds is 5. The predicted molar refractivity (Wildman–Crippen MR) is 82.2 cm³/mol. The topological polar surface area (TPSA) is 73.6 Å². The van der Waals surface area contributed by atoms with E-state index in [1.807, 2.05) is 6.07 Å². The largest absolute Gasteiger partial charge is 0.375 e. The van der Waals surface area contributed by atoms with E-state index < -0.39 is 0 Å². The minimum atomic E-state index is 0. The van der Waals surface area contributed by atoms with Gasteiger partial charge in [-0.2, -0.15) is 0 Å². The number of ether oxygens (including phenoxy) is 1. The second-order valence-electron chi connectivity index (χ2n) is 3.09. The first-order valence-electron chi connectivity index (χ1n) is 4.66. The fourth-order valence-corrected chi connectivity index (χ4v) is 1.52. The summed E-state index contributed by atoms with van der Waals surface area (Å²) in [6.07, 6.45) is 0. The van der Waals surface area contributed by atoms with Gasteiger partial charge in [0, 0.05) is 10.0 Å². The molecule has 0 spiro atoms. The second kappa shape index (κ2) is 8.79. The lowest BCUT2D eigenvalue weighted by Crippen LogP contribution is -2.23. The number of hydrogen-bond donors (Lipinski definition) is 2. The fraction of sp³-hybridized carbons (Fsp3) is 0.300. The van der Waals surface area contributed by atoms with E-state index in [1.165, 1.54) is 0 Å². The molecule has 1 aromatic rings. The van der Waals surface area contributed by atoms with Gasteiger partial charge in [0.15, 0.2) is 5.96 Å². The smallest absolute Gasteiger partial charge is 0.185 e. The van der Waals surface area contributed by atoms with E-state index in [2.05, 4.69) is 4.99 Å². The zero-order valence-electron chi connectivity index (χ0n) is 9.03. The molecule has 0 aliphatic rings. The quantitative estimate of drug-likeness (QED) is 0.351. The molecule has 4 nitrogen and oxygen atoms in total. The van der Waals surface area contributed by atoms with Crippen molar-refractivity contribution in [2.75, 3.05) is 13.2 Å². The van der Waals surface area contributed by atoms with Crippen LogP contribution in [0.25, 0.3) is 0 Å². The number of nitrogens with two attached hydrogens (primary N) is 2. The van der Waals surface area contributed by atoms with Crippen LogP contribution in [0.4, 0.5) is 0 Å². The molecule has 0 fully saturated rings. The number of guanidine groups is 1. The van der Waals surface area contributed by atoms with E-state index in [-0.39, 0.29) is 29.9 Å². The third-order valence-corrected chi connectivity index (χ3v) is 2.39. The highest BCUT2D eigenvalue weighted by Crippen LogP contribution is 2.21. The van der Waals surface area contributed by atoms with Crippen LogP contribution in [0.5, 0.6) is 0 Å². The lowest BCUT2D eigenvalue weighted by molar-refractivity contribution is 0.128. The molecule has 0 atom stereocenters. The van der Waals surface area contributed by atoms with Gasteiger partial charge in [-0.05, 0) is 17.7 Å². The first-order chi connectivity index (χ1) is 7.59. The minimum Gasteiger partial charge on any atom is -0.375 e. The molecule has 0 aromatic heterocycles. The molecule has 0 bridgehead atoms. The van der Waals surface area contributed by atoms with Gasteiger partial charge in [-0.15, -0.1) is 24.0 Å². The predicted octanol–water partition coefficient (Wildman–Crippen LogP) is 2.40. The van der Waals surface area contributed by atoms with Crippen LogP contribution in [0.2, 0.25) is 10.0 Å². The zero-order valence-corrected chi connectivity index (χ0v) is 12.9. The van der Waals surface area contributed by atoms with Crippen LogP contribution < -0.4 is 11.5 Å². The van der Waals surface area contributed by atoms with Gasteiger partial charge in [0.25, 0.3) is 0 Å². The molecule has 0 amide bonds. The Balaban J connectivity index is 0.00000256. The van der Waals surface area contributed by atoms with Crippen molar-refractivity contribution < 1.29 is 4.74 Å². The molecule has 0 radical (unpaired) electrons. The maximum Gasteiger partial charge on any atom is 0.185 e. The average molecular weight is 390 g/mol. The number of aliphatic imine (C=N–C) groups is 1. The number of nitrogens with zero attached hydrogens (tertiary/aromatic N) is 1. The van der Waals surface area contributed by atoms with Gasteiger partial charge < -0.3 is 16.2 Å². The van der Waals surface area contributed by atoms with Crippen molar-refractivity contribution in [1.29, 1.82) is 0 Å². The summed E-state index contributed by atoms with van der Waals surface area (Å²) in [4.78, 5) is 3.79. The number of hydrogen-bond acceptors (Lipinski definition) is 2. The van der Waals surface area contributed by atoms with E-state index in [0.29, 0.717) is 29.8 Å². The molecule has 1 rings (SSSR count). The molecule has 0 saturated carbocycles. The maximum atomic E-state index is 5.96. The summed E-state index contributed by atoms with van der Waals surface area (Å²) in [5.74, 6) is 0.0631. The van der Waals surface area contributed by atoms with Gasteiger partial charge in [-0.25, -0.2) is 0 Å². The van der Waals surface area contributed by atoms with Crippen LogP contribution in [0.15, 0.2) is 23.2 Å². The van der Waals surface area contributed by atoms with Crippen LogP contribution in [0.3, 0.4) is 0 Å². The fourth-order valence-electron chi connectivity index (χ4n) is 1.06. The van der Waals surface area contributed by atoms with Crippen LogP contribution in [-0.2, 0) is 11.3 Å². The summed E-state index contributed by atoms with van der Waals surface area (Å²) >= 11 is 11.7. The lowest BCUT2D eigenvalue weighted by Gasteiger charge is -2.05. The normalized spacial score (nSPS) is 9.53. The van der Waals surface area contributed by atoms with Gasteiger partial charge in [-0.1, -0.05) is 29.3 Å². The summed E-state index contributed by atoms with van der Waals surface area (Å²) in [7, 11) is 0. The van der Waals surface area contributed by atoms with Gasteiger partial charge in [0.2, 0.25) is 0 Å². The van der Waals surface area contributed by atoms with Crippen molar-refractivity contribution in [2.45, 2.75) is 6.61 Å². The minimum absolute atomic E-state index is 0. The molecule has 4 N–H and O–H groups in total. The van der Waals surface area contributed by atoms with Gasteiger partial charge in [0.1, 0.15) is 0 Å². The van der Waals surface area contributed by atoms with Crippen LogP contribution in [-0.4, -0.2) is 19.1 Å². The van der Waals surface area contributed by atoms with Crippen molar-refractivity contribution in [2.24, 2.45) is 16.5 Å². The van der Waals surface area contributed by atoms with Gasteiger partial charge in [-0.3, -0.25) is 4.99 Å². The van der Waals surface area contributed by atoms with E-state index >= 15 is 0 Å². The SMILES string of the molecule is I.NC(N)=NCCOCc1ccc(Cl)cc1Cl. The molecular weight excluding hydrogens is 376 g/mol. The highest BCUT2D eigenvalue weighted by molar-refractivity contribution is 14.0. The Bertz CT molecular complexity index is 384. The summed E-state index contributed by atoms with van der Waals surface area (Å²) in [6, 6.07) is 5.27. The maximum absolute atomic E-state index is 5.96. The first-order valence-corrected chi connectivity index (χ1v) is 5.42. The van der Waals surface area contributed by atoms with Crippen molar-refractivity contribution in [3.8, 4) is 0 Å². The van der Waals surface area contributed by atoms with E-state index in [4.69, 9.17) is 39.4 Å². The van der Waals surface area contributed by atoms with Crippen LogP contribution >= 0.6 is 47.2 Å². The Hall–Kier alpha value is -0.240. The highest BCUT2D eigenvalue weighted by Gasteiger charge is 2.00. The van der Waals surface area contributed by atoms with Gasteiger partial charge in [0.05, 0.1) is 19.8 Å². The second-order valence-corrected chi connectivity index (χ2v) is 3.94. The van der Waals surface area contributed by atoms with E-state index in [0.717, 1.165) is 5.56 Å². The monoisotopic (exact) mass is 389 g/mol. The van der Waals surface area contributed by atoms with Crippen molar-refractivity contribution in [1.82, 2.24) is 0 Å². The molecule has 0 unspecified atom stereocenters. The Labute approximate surface area is 127 Å². The Kier molecular flexibility index (Phi) is 8.67. The Morgan fingerprint density at radius 1 is 1.29 bits per heavy atom.